The summed E-state index contributed by atoms with van der Waals surface area (Å²) in [6.07, 6.45) is 2.40. The molecule has 2 fully saturated rings. The van der Waals surface area contributed by atoms with E-state index in [9.17, 15) is 18.0 Å². The minimum Gasteiger partial charge on any atom is -0.445 e. The molecule has 0 bridgehead atoms. The molecule has 10 heteroatoms. The van der Waals surface area contributed by atoms with Gasteiger partial charge in [-0.15, -0.1) is 0 Å². The highest BCUT2D eigenvalue weighted by Gasteiger charge is 2.48. The number of carbonyl (C=O) groups excluding carboxylic acids is 2. The number of carbonyl (C=O) groups is 2. The molecule has 2 aliphatic heterocycles. The van der Waals surface area contributed by atoms with E-state index in [1.165, 1.54) is 0 Å². The van der Waals surface area contributed by atoms with Crippen LogP contribution in [0.5, 0.6) is 0 Å². The quantitative estimate of drug-likeness (QED) is 0.693. The zero-order valence-electron chi connectivity index (χ0n) is 19.9. The summed E-state index contributed by atoms with van der Waals surface area (Å²) in [6, 6.07) is 9.11. The number of amides is 2. The van der Waals surface area contributed by atoms with Crippen LogP contribution in [0.1, 0.15) is 45.6 Å². The van der Waals surface area contributed by atoms with Crippen molar-refractivity contribution >= 4 is 22.2 Å². The summed E-state index contributed by atoms with van der Waals surface area (Å²) in [7, 11) is -3.39. The maximum Gasteiger partial charge on any atom is 0.410 e. The Bertz CT molecular complexity index is 937. The third kappa shape index (κ3) is 7.33. The minimum atomic E-state index is -3.39. The molecule has 184 valence electrons. The lowest BCUT2D eigenvalue weighted by molar-refractivity contribution is 0.0106. The molecule has 2 amide bonds. The van der Waals surface area contributed by atoms with Crippen LogP contribution in [-0.4, -0.2) is 74.5 Å². The molecule has 1 N–H and O–H groups in total. The fraction of sp³-hybridized carbons (Fsp3) is 0.652. The number of likely N-dealkylation sites (tertiary alicyclic amines) is 2. The average molecular weight is 482 g/mol. The Morgan fingerprint density at radius 3 is 2.33 bits per heavy atom. The van der Waals surface area contributed by atoms with Gasteiger partial charge in [0.2, 0.25) is 10.0 Å². The van der Waals surface area contributed by atoms with E-state index in [1.54, 1.807) is 9.80 Å². The van der Waals surface area contributed by atoms with Crippen molar-refractivity contribution in [3.05, 3.63) is 35.9 Å². The maximum absolute atomic E-state index is 13.0. The summed E-state index contributed by atoms with van der Waals surface area (Å²) >= 11 is 0. The lowest BCUT2D eigenvalue weighted by Crippen LogP contribution is -2.46. The van der Waals surface area contributed by atoms with Crippen molar-refractivity contribution in [1.82, 2.24) is 14.5 Å². The minimum absolute atomic E-state index is 0.136. The molecule has 33 heavy (non-hydrogen) atoms. The highest BCUT2D eigenvalue weighted by atomic mass is 32.2. The van der Waals surface area contributed by atoms with Gasteiger partial charge in [-0.3, -0.25) is 0 Å². The first-order chi connectivity index (χ1) is 15.4. The molecule has 1 atom stereocenters. The molecule has 0 aliphatic carbocycles. The normalized spacial score (nSPS) is 20.7. The fourth-order valence-corrected chi connectivity index (χ4v) is 4.96. The second-order valence-electron chi connectivity index (χ2n) is 10.1. The standard InChI is InChI=1S/C23H35N3O6S/c1-22(2,3)32-20(27)25-12-10-23(11-13-25)14-19(15-24-33(4,29)30)26(17-23)21(28)31-16-18-8-6-5-7-9-18/h5-9,19,24H,10-17H2,1-4H3. The number of sulfonamides is 1. The van der Waals surface area contributed by atoms with Crippen molar-refractivity contribution in [3.63, 3.8) is 0 Å². The summed E-state index contributed by atoms with van der Waals surface area (Å²) in [5.41, 5.74) is 0.145. The zero-order chi connectivity index (χ0) is 24.3. The van der Waals surface area contributed by atoms with Gasteiger partial charge in [0.1, 0.15) is 12.2 Å². The number of ether oxygens (including phenoxy) is 2. The summed E-state index contributed by atoms with van der Waals surface area (Å²) in [5.74, 6) is 0. The van der Waals surface area contributed by atoms with Crippen molar-refractivity contribution in [3.8, 4) is 0 Å². The van der Waals surface area contributed by atoms with E-state index in [1.807, 2.05) is 51.1 Å². The Kier molecular flexibility index (Phi) is 7.58. The number of nitrogens with zero attached hydrogens (tertiary/aromatic N) is 2. The van der Waals surface area contributed by atoms with Crippen LogP contribution >= 0.6 is 0 Å². The van der Waals surface area contributed by atoms with Crippen molar-refractivity contribution in [2.24, 2.45) is 5.41 Å². The number of nitrogens with one attached hydrogen (secondary N) is 1. The van der Waals surface area contributed by atoms with Gasteiger partial charge in [0.05, 0.1) is 6.26 Å². The van der Waals surface area contributed by atoms with Gasteiger partial charge in [-0.2, -0.15) is 0 Å². The van der Waals surface area contributed by atoms with Gasteiger partial charge < -0.3 is 19.3 Å². The predicted molar refractivity (Wildman–Crippen MR) is 124 cm³/mol. The van der Waals surface area contributed by atoms with Crippen LogP contribution in [0.3, 0.4) is 0 Å². The molecule has 2 saturated heterocycles. The van der Waals surface area contributed by atoms with Crippen LogP contribution < -0.4 is 4.72 Å². The van der Waals surface area contributed by atoms with Gasteiger partial charge in [0, 0.05) is 32.2 Å². The van der Waals surface area contributed by atoms with Gasteiger partial charge >= 0.3 is 12.2 Å². The molecule has 1 aromatic carbocycles. The largest absolute Gasteiger partial charge is 0.445 e. The Labute approximate surface area is 196 Å². The van der Waals surface area contributed by atoms with E-state index in [0.717, 1.165) is 11.8 Å². The summed E-state index contributed by atoms with van der Waals surface area (Å²) in [4.78, 5) is 28.7. The van der Waals surface area contributed by atoms with E-state index in [-0.39, 0.29) is 30.7 Å². The molecule has 3 rings (SSSR count). The highest BCUT2D eigenvalue weighted by Crippen LogP contribution is 2.43. The van der Waals surface area contributed by atoms with Crippen molar-refractivity contribution in [1.29, 1.82) is 0 Å². The zero-order valence-corrected chi connectivity index (χ0v) is 20.7. The molecule has 2 aliphatic rings. The van der Waals surface area contributed by atoms with Crippen molar-refractivity contribution < 1.29 is 27.5 Å². The Morgan fingerprint density at radius 1 is 1.12 bits per heavy atom. The van der Waals surface area contributed by atoms with Crippen LogP contribution in [-0.2, 0) is 26.1 Å². The van der Waals surface area contributed by atoms with Gasteiger partial charge in [-0.25, -0.2) is 22.7 Å². The summed E-state index contributed by atoms with van der Waals surface area (Å²) in [5, 5.41) is 0. The van der Waals surface area contributed by atoms with Crippen LogP contribution in [0.4, 0.5) is 9.59 Å². The van der Waals surface area contributed by atoms with E-state index in [4.69, 9.17) is 9.47 Å². The molecular formula is C23H35N3O6S. The van der Waals surface area contributed by atoms with Crippen LogP contribution in [0.2, 0.25) is 0 Å². The van der Waals surface area contributed by atoms with Crippen molar-refractivity contribution in [2.75, 3.05) is 32.4 Å². The van der Waals surface area contributed by atoms with E-state index in [2.05, 4.69) is 4.72 Å². The van der Waals surface area contributed by atoms with E-state index < -0.39 is 21.7 Å². The SMILES string of the molecule is CC(C)(C)OC(=O)N1CCC2(CC1)CC(CNS(C)(=O)=O)N(C(=O)OCc1ccccc1)C2. The number of hydrogen-bond acceptors (Lipinski definition) is 6. The van der Waals surface area contributed by atoms with Gasteiger partial charge in [0.25, 0.3) is 0 Å². The Morgan fingerprint density at radius 2 is 1.76 bits per heavy atom. The third-order valence-electron chi connectivity index (χ3n) is 6.11. The molecule has 2 heterocycles. The van der Waals surface area contributed by atoms with Gasteiger partial charge in [0.15, 0.2) is 0 Å². The van der Waals surface area contributed by atoms with Crippen molar-refractivity contribution in [2.45, 2.75) is 58.3 Å². The molecule has 0 aromatic heterocycles. The van der Waals surface area contributed by atoms with Crippen LogP contribution in [0, 0.1) is 5.41 Å². The van der Waals surface area contributed by atoms with Crippen LogP contribution in [0.15, 0.2) is 30.3 Å². The lowest BCUT2D eigenvalue weighted by atomic mass is 9.76. The van der Waals surface area contributed by atoms with Gasteiger partial charge in [-0.05, 0) is 51.0 Å². The summed E-state index contributed by atoms with van der Waals surface area (Å²) < 4.78 is 36.9. The molecule has 1 aromatic rings. The second-order valence-corrected chi connectivity index (χ2v) is 11.9. The maximum atomic E-state index is 13.0. The lowest BCUT2D eigenvalue weighted by Gasteiger charge is -2.39. The number of hydrogen-bond donors (Lipinski definition) is 1. The molecule has 9 nitrogen and oxygen atoms in total. The first kappa shape index (κ1) is 25.3. The smallest absolute Gasteiger partial charge is 0.410 e. The molecule has 0 radical (unpaired) electrons. The average Bonchev–Trinajstić information content (AvgIpc) is 3.08. The molecule has 1 unspecified atom stereocenters. The first-order valence-electron chi connectivity index (χ1n) is 11.3. The number of piperidine rings is 1. The summed E-state index contributed by atoms with van der Waals surface area (Å²) in [6.45, 7) is 7.35. The molecule has 1 spiro atoms. The third-order valence-corrected chi connectivity index (χ3v) is 6.80. The number of rotatable bonds is 5. The Balaban J connectivity index is 1.65. The molecule has 0 saturated carbocycles. The monoisotopic (exact) mass is 481 g/mol. The van der Waals surface area contributed by atoms with Gasteiger partial charge in [-0.1, -0.05) is 30.3 Å². The number of benzene rings is 1. The van der Waals surface area contributed by atoms with E-state index >= 15 is 0 Å². The molecular weight excluding hydrogens is 446 g/mol. The highest BCUT2D eigenvalue weighted by molar-refractivity contribution is 7.88. The van der Waals surface area contributed by atoms with E-state index in [0.29, 0.717) is 38.9 Å². The van der Waals surface area contributed by atoms with Crippen LogP contribution in [0.25, 0.3) is 0 Å². The topological polar surface area (TPSA) is 105 Å². The second kappa shape index (κ2) is 9.89. The fourth-order valence-electron chi connectivity index (χ4n) is 4.46. The Hall–Kier alpha value is -2.33. The first-order valence-corrected chi connectivity index (χ1v) is 13.1. The predicted octanol–water partition coefficient (Wildman–Crippen LogP) is 2.96.